The van der Waals surface area contributed by atoms with E-state index in [1.54, 1.807) is 35.8 Å². The number of hydrogen-bond donors (Lipinski definition) is 2. The van der Waals surface area contributed by atoms with Crippen molar-refractivity contribution in [3.63, 3.8) is 0 Å². The van der Waals surface area contributed by atoms with Gasteiger partial charge in [0, 0.05) is 46.5 Å². The maximum atomic E-state index is 12.9. The Morgan fingerprint density at radius 2 is 1.95 bits per heavy atom. The first-order valence-electron chi connectivity index (χ1n) is 13.7. The Bertz CT molecular complexity index is 1440. The zero-order chi connectivity index (χ0) is 29.1. The molecule has 5 rings (SSSR count). The van der Waals surface area contributed by atoms with E-state index in [-0.39, 0.29) is 36.5 Å². The molecule has 2 amide bonds. The number of imidazole rings is 1. The summed E-state index contributed by atoms with van der Waals surface area (Å²) in [6.07, 6.45) is 6.73. The summed E-state index contributed by atoms with van der Waals surface area (Å²) < 4.78 is 12.4. The third-order valence-electron chi connectivity index (χ3n) is 7.40. The van der Waals surface area contributed by atoms with Gasteiger partial charge in [0.1, 0.15) is 12.4 Å². The van der Waals surface area contributed by atoms with Crippen LogP contribution in [0.1, 0.15) is 54.0 Å². The zero-order valence-electron chi connectivity index (χ0n) is 23.8. The van der Waals surface area contributed by atoms with Crippen molar-refractivity contribution in [2.75, 3.05) is 39.9 Å². The number of aryl methyl sites for hydroxylation is 1. The van der Waals surface area contributed by atoms with Gasteiger partial charge >= 0.3 is 6.09 Å². The smallest absolute Gasteiger partial charge is 0.410 e. The van der Waals surface area contributed by atoms with E-state index in [0.717, 1.165) is 33.7 Å². The van der Waals surface area contributed by atoms with E-state index in [2.05, 4.69) is 15.2 Å². The van der Waals surface area contributed by atoms with Crippen LogP contribution in [0, 0.1) is 0 Å². The number of carbonyl (C=O) groups excluding carboxylic acids is 2. The van der Waals surface area contributed by atoms with Crippen LogP contribution in [0.3, 0.4) is 0 Å². The fraction of sp³-hybridized carbons (Fsp3) is 0.400. The highest BCUT2D eigenvalue weighted by molar-refractivity contribution is 5.91. The second-order valence-electron chi connectivity index (χ2n) is 10.6. The SMILES string of the molecule is COCC(=O)NC(C1=Cc2cccnc2[C@@H](N2CCN(C(=O)OC(C)C)CC2)c2ccc(O)cc21)c1cncn1C. The van der Waals surface area contributed by atoms with Gasteiger partial charge in [-0.2, -0.15) is 0 Å². The molecule has 1 saturated heterocycles. The number of aromatic nitrogens is 3. The average Bonchev–Trinajstić information content (AvgIpc) is 3.31. The first kappa shape index (κ1) is 28.3. The second-order valence-corrected chi connectivity index (χ2v) is 10.6. The van der Waals surface area contributed by atoms with Crippen molar-refractivity contribution in [3.8, 4) is 5.75 Å². The molecule has 3 aromatic rings. The summed E-state index contributed by atoms with van der Waals surface area (Å²) in [4.78, 5) is 38.6. The maximum Gasteiger partial charge on any atom is 0.410 e. The summed E-state index contributed by atoms with van der Waals surface area (Å²) in [5, 5.41) is 13.8. The summed E-state index contributed by atoms with van der Waals surface area (Å²) in [5.74, 6) is -0.168. The molecule has 1 aromatic carbocycles. The number of piperazine rings is 1. The number of carbonyl (C=O) groups is 2. The normalized spacial score (nSPS) is 17.7. The predicted molar refractivity (Wildman–Crippen MR) is 153 cm³/mol. The topological polar surface area (TPSA) is 122 Å². The number of nitrogens with zero attached hydrogens (tertiary/aromatic N) is 5. The first-order valence-corrected chi connectivity index (χ1v) is 13.7. The molecule has 1 fully saturated rings. The van der Waals surface area contributed by atoms with E-state index in [9.17, 15) is 14.7 Å². The number of rotatable bonds is 7. The highest BCUT2D eigenvalue weighted by Crippen LogP contribution is 2.44. The molecule has 11 nitrogen and oxygen atoms in total. The van der Waals surface area contributed by atoms with E-state index in [1.165, 1.54) is 7.11 Å². The Morgan fingerprint density at radius 1 is 1.17 bits per heavy atom. The van der Waals surface area contributed by atoms with E-state index < -0.39 is 6.04 Å². The molecular formula is C30H36N6O5. The number of aromatic hydroxyl groups is 1. The second kappa shape index (κ2) is 12.1. The van der Waals surface area contributed by atoms with Gasteiger partial charge in [0.15, 0.2) is 0 Å². The van der Waals surface area contributed by atoms with Gasteiger partial charge in [0.05, 0.1) is 42.1 Å². The summed E-state index contributed by atoms with van der Waals surface area (Å²) in [6, 6.07) is 8.40. The largest absolute Gasteiger partial charge is 0.508 e. The van der Waals surface area contributed by atoms with Crippen molar-refractivity contribution in [3.05, 3.63) is 77.1 Å². The Hall–Kier alpha value is -4.22. The van der Waals surface area contributed by atoms with Gasteiger partial charge in [-0.3, -0.25) is 14.7 Å². The number of hydrogen-bond acceptors (Lipinski definition) is 8. The number of nitrogens with one attached hydrogen (secondary N) is 1. The number of phenols is 1. The summed E-state index contributed by atoms with van der Waals surface area (Å²) >= 11 is 0. The van der Waals surface area contributed by atoms with Crippen LogP contribution >= 0.6 is 0 Å². The van der Waals surface area contributed by atoms with Crippen LogP contribution in [0.2, 0.25) is 0 Å². The Kier molecular flexibility index (Phi) is 8.36. The number of amides is 2. The predicted octanol–water partition coefficient (Wildman–Crippen LogP) is 3.13. The lowest BCUT2D eigenvalue weighted by molar-refractivity contribution is -0.125. The van der Waals surface area contributed by atoms with Crippen LogP contribution in [0.5, 0.6) is 5.75 Å². The molecule has 2 aromatic heterocycles. The summed E-state index contributed by atoms with van der Waals surface area (Å²) in [5.41, 5.74) is 5.06. The van der Waals surface area contributed by atoms with Crippen molar-refractivity contribution in [2.24, 2.45) is 7.05 Å². The van der Waals surface area contributed by atoms with E-state index in [1.807, 2.05) is 49.7 Å². The molecule has 0 radical (unpaired) electrons. The van der Waals surface area contributed by atoms with Gasteiger partial charge in [-0.1, -0.05) is 12.1 Å². The van der Waals surface area contributed by atoms with Crippen molar-refractivity contribution in [1.29, 1.82) is 0 Å². The molecule has 2 atom stereocenters. The lowest BCUT2D eigenvalue weighted by Crippen LogP contribution is -2.50. The van der Waals surface area contributed by atoms with Gasteiger partial charge in [0.2, 0.25) is 5.91 Å². The molecule has 2 N–H and O–H groups in total. The molecule has 3 heterocycles. The third-order valence-corrected chi connectivity index (χ3v) is 7.40. The molecule has 216 valence electrons. The van der Waals surface area contributed by atoms with Crippen LogP contribution in [0.4, 0.5) is 4.79 Å². The lowest BCUT2D eigenvalue weighted by Gasteiger charge is -2.39. The van der Waals surface area contributed by atoms with Gasteiger partial charge in [-0.15, -0.1) is 0 Å². The molecular weight excluding hydrogens is 524 g/mol. The van der Waals surface area contributed by atoms with Crippen LogP contribution in [-0.2, 0) is 21.3 Å². The summed E-state index contributed by atoms with van der Waals surface area (Å²) in [7, 11) is 3.35. The molecule has 11 heteroatoms. The fourth-order valence-corrected chi connectivity index (χ4v) is 5.54. The fourth-order valence-electron chi connectivity index (χ4n) is 5.54. The number of pyridine rings is 1. The number of fused-ring (bicyclic) bond motifs is 2. The van der Waals surface area contributed by atoms with Gasteiger partial charge < -0.3 is 29.4 Å². The zero-order valence-corrected chi connectivity index (χ0v) is 23.8. The minimum atomic E-state index is -0.583. The van der Waals surface area contributed by atoms with Crippen molar-refractivity contribution < 1.29 is 24.2 Å². The van der Waals surface area contributed by atoms with Crippen molar-refractivity contribution in [2.45, 2.75) is 32.0 Å². The minimum Gasteiger partial charge on any atom is -0.508 e. The minimum absolute atomic E-state index is 0.0984. The number of ether oxygens (including phenoxy) is 2. The quantitative estimate of drug-likeness (QED) is 0.452. The highest BCUT2D eigenvalue weighted by atomic mass is 16.6. The van der Waals surface area contributed by atoms with E-state index in [0.29, 0.717) is 26.2 Å². The molecule has 0 bridgehead atoms. The lowest BCUT2D eigenvalue weighted by atomic mass is 9.89. The van der Waals surface area contributed by atoms with Crippen LogP contribution in [0.25, 0.3) is 11.6 Å². The molecule has 1 aliphatic carbocycles. The molecule has 1 unspecified atom stereocenters. The van der Waals surface area contributed by atoms with E-state index in [4.69, 9.17) is 14.5 Å². The molecule has 0 saturated carbocycles. The Labute approximate surface area is 239 Å². The average molecular weight is 561 g/mol. The third kappa shape index (κ3) is 5.96. The van der Waals surface area contributed by atoms with Gasteiger partial charge in [-0.25, -0.2) is 9.78 Å². The molecule has 2 aliphatic rings. The summed E-state index contributed by atoms with van der Waals surface area (Å²) in [6.45, 7) is 5.84. The molecule has 0 spiro atoms. The number of methoxy groups -OCH3 is 1. The van der Waals surface area contributed by atoms with Gasteiger partial charge in [-0.05, 0) is 60.4 Å². The first-order chi connectivity index (χ1) is 19.8. The molecule has 1 aliphatic heterocycles. The maximum absolute atomic E-state index is 12.9. The van der Waals surface area contributed by atoms with Gasteiger partial charge in [0.25, 0.3) is 0 Å². The standard InChI is InChI=1S/C30H36N6O5/c1-19(2)41-30(39)36-12-10-35(11-13-36)29-22-8-7-21(37)15-23(22)24(14-20-6-5-9-32-27(20)29)28(33-26(38)17-40-4)25-16-31-18-34(25)3/h5-9,14-16,18-19,28-29,37H,10-13,17H2,1-4H3,(H,33,38)/t28?,29-/m0/s1. The Morgan fingerprint density at radius 3 is 2.63 bits per heavy atom. The van der Waals surface area contributed by atoms with Crippen LogP contribution in [0.15, 0.2) is 49.1 Å². The number of phenolic OH excluding ortho intramolecular Hbond substituents is 1. The van der Waals surface area contributed by atoms with Crippen molar-refractivity contribution in [1.82, 2.24) is 29.7 Å². The van der Waals surface area contributed by atoms with Crippen LogP contribution in [-0.4, -0.2) is 87.4 Å². The Balaban J connectivity index is 1.59. The van der Waals surface area contributed by atoms with Crippen molar-refractivity contribution >= 4 is 23.6 Å². The van der Waals surface area contributed by atoms with E-state index >= 15 is 0 Å². The number of benzene rings is 1. The molecule has 41 heavy (non-hydrogen) atoms. The van der Waals surface area contributed by atoms with Crippen LogP contribution < -0.4 is 5.32 Å². The monoisotopic (exact) mass is 560 g/mol. The highest BCUT2D eigenvalue weighted by Gasteiger charge is 2.36.